The third kappa shape index (κ3) is 5.48. The first kappa shape index (κ1) is 16.3. The molecule has 5 nitrogen and oxygen atoms in total. The van der Waals surface area contributed by atoms with Crippen LogP contribution >= 0.6 is 0 Å². The monoisotopic (exact) mass is 280 g/mol. The molecular formula is C15H24N2O3. The van der Waals surface area contributed by atoms with E-state index in [9.17, 15) is 4.79 Å². The number of hydrogen-bond acceptors (Lipinski definition) is 4. The topological polar surface area (TPSA) is 59.6 Å². The summed E-state index contributed by atoms with van der Waals surface area (Å²) in [6.45, 7) is 7.99. The standard InChI is InChI=1S/C15H24N2O3/c1-4-16-15(18)12(3)17-10-11-20-14-9-7-6-8-13(14)19-5-2/h6-9,12,17H,4-5,10-11H2,1-3H3,(H,16,18). The average Bonchev–Trinajstić information content (AvgIpc) is 2.45. The Morgan fingerprint density at radius 2 is 1.85 bits per heavy atom. The summed E-state index contributed by atoms with van der Waals surface area (Å²) in [7, 11) is 0. The second-order valence-corrected chi connectivity index (χ2v) is 4.30. The van der Waals surface area contributed by atoms with Crippen molar-refractivity contribution in [2.24, 2.45) is 0 Å². The van der Waals surface area contributed by atoms with Crippen LogP contribution in [-0.2, 0) is 4.79 Å². The predicted octanol–water partition coefficient (Wildman–Crippen LogP) is 1.58. The first-order chi connectivity index (χ1) is 9.69. The van der Waals surface area contributed by atoms with Gasteiger partial charge in [-0.05, 0) is 32.9 Å². The SMILES string of the molecule is CCNC(=O)C(C)NCCOc1ccccc1OCC. The minimum atomic E-state index is -0.222. The normalized spacial score (nSPS) is 11.8. The summed E-state index contributed by atoms with van der Waals surface area (Å²) >= 11 is 0. The Morgan fingerprint density at radius 3 is 2.45 bits per heavy atom. The third-order valence-electron chi connectivity index (χ3n) is 2.70. The lowest BCUT2D eigenvalue weighted by Crippen LogP contribution is -2.43. The van der Waals surface area contributed by atoms with Crippen molar-refractivity contribution in [1.29, 1.82) is 0 Å². The molecule has 0 aromatic heterocycles. The van der Waals surface area contributed by atoms with E-state index in [0.717, 1.165) is 11.5 Å². The molecule has 1 rings (SSSR count). The summed E-state index contributed by atoms with van der Waals surface area (Å²) in [5, 5.41) is 5.88. The Balaban J connectivity index is 2.32. The van der Waals surface area contributed by atoms with Crippen LogP contribution in [-0.4, -0.2) is 38.3 Å². The van der Waals surface area contributed by atoms with Gasteiger partial charge in [0.2, 0.25) is 5.91 Å². The number of likely N-dealkylation sites (N-methyl/N-ethyl adjacent to an activating group) is 1. The number of carbonyl (C=O) groups is 1. The van der Waals surface area contributed by atoms with Crippen LogP contribution < -0.4 is 20.1 Å². The molecular weight excluding hydrogens is 256 g/mol. The Labute approximate surface area is 120 Å². The number of nitrogens with one attached hydrogen (secondary N) is 2. The van der Waals surface area contributed by atoms with Gasteiger partial charge in [0.25, 0.3) is 0 Å². The van der Waals surface area contributed by atoms with Crippen LogP contribution in [0.15, 0.2) is 24.3 Å². The van der Waals surface area contributed by atoms with Gasteiger partial charge in [-0.25, -0.2) is 0 Å². The molecule has 0 radical (unpaired) electrons. The second kappa shape index (κ2) is 9.20. The molecule has 112 valence electrons. The van der Waals surface area contributed by atoms with Crippen molar-refractivity contribution < 1.29 is 14.3 Å². The summed E-state index contributed by atoms with van der Waals surface area (Å²) in [6.07, 6.45) is 0. The molecule has 2 N–H and O–H groups in total. The van der Waals surface area contributed by atoms with E-state index in [4.69, 9.17) is 9.47 Å². The van der Waals surface area contributed by atoms with Gasteiger partial charge < -0.3 is 20.1 Å². The van der Waals surface area contributed by atoms with E-state index in [1.807, 2.05) is 45.0 Å². The Bertz CT molecular complexity index is 410. The molecule has 0 aliphatic heterocycles. The summed E-state index contributed by atoms with van der Waals surface area (Å²) in [4.78, 5) is 11.5. The molecule has 20 heavy (non-hydrogen) atoms. The number of amides is 1. The van der Waals surface area contributed by atoms with Crippen LogP contribution in [0.5, 0.6) is 11.5 Å². The average molecular weight is 280 g/mol. The Hall–Kier alpha value is -1.75. The molecule has 0 aliphatic carbocycles. The molecule has 1 aromatic carbocycles. The van der Waals surface area contributed by atoms with Gasteiger partial charge in [-0.2, -0.15) is 0 Å². The number of para-hydroxylation sites is 2. The van der Waals surface area contributed by atoms with Gasteiger partial charge in [0.15, 0.2) is 11.5 Å². The number of hydrogen-bond donors (Lipinski definition) is 2. The van der Waals surface area contributed by atoms with Gasteiger partial charge in [0, 0.05) is 13.1 Å². The molecule has 0 spiro atoms. The first-order valence-electron chi connectivity index (χ1n) is 7.04. The van der Waals surface area contributed by atoms with Crippen LogP contribution in [0.2, 0.25) is 0 Å². The van der Waals surface area contributed by atoms with E-state index < -0.39 is 0 Å². The quantitative estimate of drug-likeness (QED) is 0.674. The molecule has 0 aliphatic rings. The third-order valence-corrected chi connectivity index (χ3v) is 2.70. The largest absolute Gasteiger partial charge is 0.490 e. The van der Waals surface area contributed by atoms with Crippen molar-refractivity contribution in [3.05, 3.63) is 24.3 Å². The lowest BCUT2D eigenvalue weighted by molar-refractivity contribution is -0.122. The minimum absolute atomic E-state index is 0.00205. The fourth-order valence-electron chi connectivity index (χ4n) is 1.70. The van der Waals surface area contributed by atoms with Crippen LogP contribution in [0.4, 0.5) is 0 Å². The summed E-state index contributed by atoms with van der Waals surface area (Å²) in [5.74, 6) is 1.47. The molecule has 1 unspecified atom stereocenters. The van der Waals surface area contributed by atoms with E-state index in [1.165, 1.54) is 0 Å². The molecule has 0 heterocycles. The first-order valence-corrected chi connectivity index (χ1v) is 7.04. The summed E-state index contributed by atoms with van der Waals surface area (Å²) < 4.78 is 11.1. The Kier molecular flexibility index (Phi) is 7.50. The molecule has 1 amide bonds. The molecule has 0 saturated carbocycles. The van der Waals surface area contributed by atoms with Crippen molar-refractivity contribution in [3.63, 3.8) is 0 Å². The number of ether oxygens (including phenoxy) is 2. The van der Waals surface area contributed by atoms with Crippen molar-refractivity contribution in [3.8, 4) is 11.5 Å². The number of benzene rings is 1. The molecule has 1 atom stereocenters. The fourth-order valence-corrected chi connectivity index (χ4v) is 1.70. The van der Waals surface area contributed by atoms with Crippen LogP contribution in [0, 0.1) is 0 Å². The maximum atomic E-state index is 11.5. The molecule has 1 aromatic rings. The lowest BCUT2D eigenvalue weighted by Gasteiger charge is -2.15. The van der Waals surface area contributed by atoms with E-state index >= 15 is 0 Å². The van der Waals surface area contributed by atoms with E-state index in [1.54, 1.807) is 0 Å². The zero-order chi connectivity index (χ0) is 14.8. The molecule has 5 heteroatoms. The highest BCUT2D eigenvalue weighted by Gasteiger charge is 2.10. The van der Waals surface area contributed by atoms with E-state index in [0.29, 0.717) is 26.3 Å². The molecule has 0 fully saturated rings. The van der Waals surface area contributed by atoms with Crippen LogP contribution in [0.1, 0.15) is 20.8 Å². The fraction of sp³-hybridized carbons (Fsp3) is 0.533. The van der Waals surface area contributed by atoms with Crippen molar-refractivity contribution in [1.82, 2.24) is 10.6 Å². The van der Waals surface area contributed by atoms with E-state index in [-0.39, 0.29) is 11.9 Å². The van der Waals surface area contributed by atoms with Crippen LogP contribution in [0.25, 0.3) is 0 Å². The van der Waals surface area contributed by atoms with Gasteiger partial charge in [-0.1, -0.05) is 12.1 Å². The van der Waals surface area contributed by atoms with Crippen molar-refractivity contribution in [2.45, 2.75) is 26.8 Å². The summed E-state index contributed by atoms with van der Waals surface area (Å²) in [5.41, 5.74) is 0. The minimum Gasteiger partial charge on any atom is -0.490 e. The van der Waals surface area contributed by atoms with Gasteiger partial charge in [0.1, 0.15) is 6.61 Å². The smallest absolute Gasteiger partial charge is 0.236 e. The van der Waals surface area contributed by atoms with Crippen molar-refractivity contribution >= 4 is 5.91 Å². The van der Waals surface area contributed by atoms with E-state index in [2.05, 4.69) is 10.6 Å². The zero-order valence-electron chi connectivity index (χ0n) is 12.4. The number of rotatable bonds is 9. The maximum absolute atomic E-state index is 11.5. The molecule has 0 saturated heterocycles. The molecule has 0 bridgehead atoms. The van der Waals surface area contributed by atoms with Gasteiger partial charge in [-0.3, -0.25) is 4.79 Å². The highest BCUT2D eigenvalue weighted by Crippen LogP contribution is 2.25. The predicted molar refractivity (Wildman–Crippen MR) is 79.3 cm³/mol. The van der Waals surface area contributed by atoms with Crippen LogP contribution in [0.3, 0.4) is 0 Å². The summed E-state index contributed by atoms with van der Waals surface area (Å²) in [6, 6.07) is 7.35. The number of carbonyl (C=O) groups excluding carboxylic acids is 1. The van der Waals surface area contributed by atoms with Gasteiger partial charge in [0.05, 0.1) is 12.6 Å². The highest BCUT2D eigenvalue weighted by molar-refractivity contribution is 5.81. The lowest BCUT2D eigenvalue weighted by atomic mass is 10.3. The maximum Gasteiger partial charge on any atom is 0.236 e. The second-order valence-electron chi connectivity index (χ2n) is 4.30. The zero-order valence-corrected chi connectivity index (χ0v) is 12.4. The van der Waals surface area contributed by atoms with Gasteiger partial charge >= 0.3 is 0 Å². The van der Waals surface area contributed by atoms with Crippen molar-refractivity contribution in [2.75, 3.05) is 26.3 Å². The van der Waals surface area contributed by atoms with Gasteiger partial charge in [-0.15, -0.1) is 0 Å². The Morgan fingerprint density at radius 1 is 1.20 bits per heavy atom. The highest BCUT2D eigenvalue weighted by atomic mass is 16.5.